The fourth-order valence-corrected chi connectivity index (χ4v) is 4.79. The van der Waals surface area contributed by atoms with Crippen molar-refractivity contribution in [2.75, 3.05) is 6.26 Å². The molecule has 0 aromatic carbocycles. The summed E-state index contributed by atoms with van der Waals surface area (Å²) in [5.41, 5.74) is 0.655. The monoisotopic (exact) mass is 383 g/mol. The third kappa shape index (κ3) is 2.93. The molecule has 3 rings (SSSR count). The Balaban J connectivity index is 1.94. The van der Waals surface area contributed by atoms with Crippen molar-refractivity contribution in [3.05, 3.63) is 52.2 Å². The molecule has 0 saturated carbocycles. The quantitative estimate of drug-likeness (QED) is 0.567. The lowest BCUT2D eigenvalue weighted by Gasteiger charge is -2.43. The van der Waals surface area contributed by atoms with Gasteiger partial charge in [-0.2, -0.15) is 5.11 Å². The van der Waals surface area contributed by atoms with Gasteiger partial charge in [0.2, 0.25) is 0 Å². The van der Waals surface area contributed by atoms with Gasteiger partial charge in [-0.3, -0.25) is 0 Å². The minimum Gasteiger partial charge on any atom is -0.244 e. The second kappa shape index (κ2) is 5.97. The van der Waals surface area contributed by atoms with Gasteiger partial charge in [0.15, 0.2) is 9.84 Å². The molecular formula is C16H18ClN3O2S2. The van der Waals surface area contributed by atoms with Gasteiger partial charge in [-0.15, -0.1) is 4.52 Å². The predicted octanol–water partition coefficient (Wildman–Crippen LogP) is 4.54. The molecular weight excluding hydrogens is 366 g/mol. The van der Waals surface area contributed by atoms with Gasteiger partial charge < -0.3 is 0 Å². The topological polar surface area (TPSA) is 71.8 Å². The third-order valence-corrected chi connectivity index (χ3v) is 7.51. The Morgan fingerprint density at radius 1 is 1.33 bits per heavy atom. The van der Waals surface area contributed by atoms with E-state index < -0.39 is 9.84 Å². The molecule has 2 aliphatic rings. The second-order valence-electron chi connectivity index (χ2n) is 6.55. The highest BCUT2D eigenvalue weighted by atomic mass is 35.5. The zero-order valence-electron chi connectivity index (χ0n) is 13.6. The molecule has 0 saturated heterocycles. The molecule has 0 amide bonds. The van der Waals surface area contributed by atoms with Crippen LogP contribution in [0.3, 0.4) is 0 Å². The van der Waals surface area contributed by atoms with Crippen LogP contribution in [0.5, 0.6) is 0 Å². The van der Waals surface area contributed by atoms with E-state index in [4.69, 9.17) is 11.6 Å². The van der Waals surface area contributed by atoms with Crippen LogP contribution < -0.4 is 0 Å². The Morgan fingerprint density at radius 3 is 2.62 bits per heavy atom. The summed E-state index contributed by atoms with van der Waals surface area (Å²) < 4.78 is 27.3. The molecule has 0 radical (unpaired) electrons. The van der Waals surface area contributed by atoms with Crippen molar-refractivity contribution in [1.82, 2.24) is 4.98 Å². The maximum absolute atomic E-state index is 11.7. The third-order valence-electron chi connectivity index (χ3n) is 4.89. The molecule has 0 spiro atoms. The van der Waals surface area contributed by atoms with Crippen LogP contribution in [0.4, 0.5) is 0 Å². The van der Waals surface area contributed by atoms with E-state index >= 15 is 0 Å². The number of halogens is 1. The van der Waals surface area contributed by atoms with Crippen LogP contribution in [0, 0.1) is 5.41 Å². The molecule has 1 aromatic rings. The van der Waals surface area contributed by atoms with E-state index in [9.17, 15) is 8.42 Å². The molecule has 0 N–H and O–H groups in total. The number of hydrogen-bond donors (Lipinski definition) is 0. The summed E-state index contributed by atoms with van der Waals surface area (Å²) in [5, 5.41) is 4.85. The summed E-state index contributed by atoms with van der Waals surface area (Å²) in [5.74, 6) is 0. The molecule has 8 heteroatoms. The Bertz CT molecular complexity index is 849. The first-order valence-corrected chi connectivity index (χ1v) is 10.5. The number of sulfone groups is 1. The Morgan fingerprint density at radius 2 is 2.08 bits per heavy atom. The smallest absolute Gasteiger partial charge is 0.175 e. The highest BCUT2D eigenvalue weighted by molar-refractivity contribution is 7.99. The maximum atomic E-state index is 11.7. The lowest BCUT2D eigenvalue weighted by atomic mass is 9.68. The number of allylic oxidation sites excluding steroid dienone is 3. The first-order valence-electron chi connectivity index (χ1n) is 7.45. The summed E-state index contributed by atoms with van der Waals surface area (Å²) >= 11 is 7.31. The fraction of sp³-hybridized carbons (Fsp3) is 0.438. The van der Waals surface area contributed by atoms with E-state index in [1.54, 1.807) is 24.4 Å². The second-order valence-corrected chi connectivity index (χ2v) is 10.1. The van der Waals surface area contributed by atoms with E-state index in [2.05, 4.69) is 28.5 Å². The van der Waals surface area contributed by atoms with Gasteiger partial charge in [-0.05, 0) is 31.1 Å². The minimum atomic E-state index is -3.19. The zero-order chi connectivity index (χ0) is 17.6. The van der Waals surface area contributed by atoms with E-state index in [0.717, 1.165) is 5.56 Å². The van der Waals surface area contributed by atoms with Crippen LogP contribution in [0.15, 0.2) is 51.1 Å². The van der Waals surface area contributed by atoms with Gasteiger partial charge in [-0.1, -0.05) is 36.7 Å². The number of aromatic nitrogens is 1. The largest absolute Gasteiger partial charge is 0.244 e. The van der Waals surface area contributed by atoms with E-state index in [0.29, 0.717) is 16.5 Å². The normalized spacial score (nSPS) is 32.8. The van der Waals surface area contributed by atoms with Crippen LogP contribution in [-0.4, -0.2) is 24.4 Å². The molecule has 5 nitrogen and oxygen atoms in total. The lowest BCUT2D eigenvalue weighted by Crippen LogP contribution is -2.43. The number of pyridine rings is 1. The average molecular weight is 384 g/mol. The minimum absolute atomic E-state index is 0.171. The summed E-state index contributed by atoms with van der Waals surface area (Å²) in [6, 6.07) is 3.49. The van der Waals surface area contributed by atoms with Crippen LogP contribution in [0.25, 0.3) is 0 Å². The number of hydrogen-bond acceptors (Lipinski definition) is 6. The predicted molar refractivity (Wildman–Crippen MR) is 97.6 cm³/mol. The molecule has 1 aromatic heterocycles. The average Bonchev–Trinajstić information content (AvgIpc) is 2.91. The Hall–Kier alpha value is -1.18. The van der Waals surface area contributed by atoms with Gasteiger partial charge in [0, 0.05) is 29.8 Å². The molecule has 2 heterocycles. The molecule has 3 atom stereocenters. The number of nitrogens with zero attached hydrogens (tertiary/aromatic N) is 3. The van der Waals surface area contributed by atoms with Crippen molar-refractivity contribution >= 4 is 33.4 Å². The van der Waals surface area contributed by atoms with Crippen molar-refractivity contribution in [2.24, 2.45) is 15.0 Å². The van der Waals surface area contributed by atoms with Crippen LogP contribution in [0.2, 0.25) is 5.15 Å². The van der Waals surface area contributed by atoms with Crippen molar-refractivity contribution < 1.29 is 8.42 Å². The summed E-state index contributed by atoms with van der Waals surface area (Å²) in [6.07, 6.45) is 9.02. The summed E-state index contributed by atoms with van der Waals surface area (Å²) in [7, 11) is -3.19. The van der Waals surface area contributed by atoms with Crippen molar-refractivity contribution in [1.29, 1.82) is 0 Å². The SMILES string of the molecule is CC1(C2(C)SN=NC2c2ccc(Cl)nc2)C=CC(S(C)(=O)=O)=CC1. The van der Waals surface area contributed by atoms with Gasteiger partial charge in [0.05, 0.1) is 9.65 Å². The van der Waals surface area contributed by atoms with Crippen molar-refractivity contribution in [2.45, 2.75) is 31.1 Å². The molecule has 0 fully saturated rings. The standard InChI is InChI=1S/C16H18ClN3O2S2/c1-15(8-6-12(7-9-15)24(3,21)22)16(2)14(19-20-23-16)11-4-5-13(17)18-10-11/h4-8,10,14H,9H2,1-3H3. The maximum Gasteiger partial charge on any atom is 0.175 e. The summed E-state index contributed by atoms with van der Waals surface area (Å²) in [6.45, 7) is 4.22. The Labute approximate surface area is 151 Å². The van der Waals surface area contributed by atoms with Crippen LogP contribution >= 0.6 is 23.5 Å². The van der Waals surface area contributed by atoms with Gasteiger partial charge in [0.1, 0.15) is 11.2 Å². The van der Waals surface area contributed by atoms with E-state index in [1.165, 1.54) is 18.2 Å². The highest BCUT2D eigenvalue weighted by Gasteiger charge is 2.53. The summed E-state index contributed by atoms with van der Waals surface area (Å²) in [4.78, 5) is 4.51. The molecule has 0 bridgehead atoms. The van der Waals surface area contributed by atoms with Gasteiger partial charge in [0.25, 0.3) is 0 Å². The van der Waals surface area contributed by atoms with Crippen LogP contribution in [-0.2, 0) is 9.84 Å². The molecule has 1 aliphatic carbocycles. The van der Waals surface area contributed by atoms with Crippen molar-refractivity contribution in [3.63, 3.8) is 0 Å². The molecule has 1 aliphatic heterocycles. The van der Waals surface area contributed by atoms with Crippen LogP contribution in [0.1, 0.15) is 31.9 Å². The lowest BCUT2D eigenvalue weighted by molar-refractivity contribution is 0.280. The number of rotatable bonds is 3. The first kappa shape index (κ1) is 17.6. The van der Waals surface area contributed by atoms with Crippen molar-refractivity contribution in [3.8, 4) is 0 Å². The van der Waals surface area contributed by atoms with Gasteiger partial charge >= 0.3 is 0 Å². The molecule has 3 unspecified atom stereocenters. The van der Waals surface area contributed by atoms with E-state index in [-0.39, 0.29) is 16.2 Å². The fourth-order valence-electron chi connectivity index (χ4n) is 3.02. The Kier molecular flexibility index (Phi) is 4.38. The van der Waals surface area contributed by atoms with Gasteiger partial charge in [-0.25, -0.2) is 13.4 Å². The highest BCUT2D eigenvalue weighted by Crippen LogP contribution is 2.59. The molecule has 24 heavy (non-hydrogen) atoms. The molecule has 128 valence electrons. The van der Waals surface area contributed by atoms with E-state index in [1.807, 2.05) is 12.1 Å². The zero-order valence-corrected chi connectivity index (χ0v) is 16.0. The first-order chi connectivity index (χ1) is 11.2.